The molecule has 4 heterocycles. The van der Waals surface area contributed by atoms with Gasteiger partial charge in [0, 0.05) is 23.2 Å². The van der Waals surface area contributed by atoms with Crippen LogP contribution in [-0.4, -0.2) is 36.0 Å². The second-order valence-corrected chi connectivity index (χ2v) is 9.54. The maximum Gasteiger partial charge on any atom is 0.227 e. The quantitative estimate of drug-likeness (QED) is 0.263. The molecule has 1 saturated carbocycles. The van der Waals surface area contributed by atoms with E-state index in [4.69, 9.17) is 9.97 Å². The largest absolute Gasteiger partial charge is 0.336 e. The van der Waals surface area contributed by atoms with Crippen LogP contribution in [0.2, 0.25) is 0 Å². The number of carbonyl (C=O) groups excluding carboxylic acids is 1. The average Bonchev–Trinajstić information content (AvgIpc) is 3.51. The molecule has 0 saturated heterocycles. The van der Waals surface area contributed by atoms with Crippen LogP contribution >= 0.6 is 0 Å². The highest BCUT2D eigenvalue weighted by Crippen LogP contribution is 2.32. The van der Waals surface area contributed by atoms with Gasteiger partial charge in [0.15, 0.2) is 11.5 Å². The van der Waals surface area contributed by atoms with E-state index in [2.05, 4.69) is 25.5 Å². The number of anilines is 1. The Kier molecular flexibility index (Phi) is 5.21. The lowest BCUT2D eigenvalue weighted by atomic mass is 9.85. The van der Waals surface area contributed by atoms with Crippen LogP contribution in [0.25, 0.3) is 56.0 Å². The van der Waals surface area contributed by atoms with E-state index in [1.807, 2.05) is 42.5 Å². The van der Waals surface area contributed by atoms with E-state index in [0.717, 1.165) is 52.5 Å². The van der Waals surface area contributed by atoms with Crippen LogP contribution in [0.4, 0.5) is 10.1 Å². The van der Waals surface area contributed by atoms with Crippen molar-refractivity contribution in [3.63, 3.8) is 0 Å². The van der Waals surface area contributed by atoms with E-state index in [1.54, 1.807) is 18.5 Å². The van der Waals surface area contributed by atoms with Gasteiger partial charge in [-0.15, -0.1) is 0 Å². The number of aromatic nitrogens is 6. The molecule has 3 N–H and O–H groups in total. The van der Waals surface area contributed by atoms with Crippen molar-refractivity contribution in [3.05, 3.63) is 78.9 Å². The Hall–Kier alpha value is -4.92. The van der Waals surface area contributed by atoms with Gasteiger partial charge >= 0.3 is 0 Å². The molecule has 186 valence electrons. The van der Waals surface area contributed by atoms with Crippen molar-refractivity contribution in [2.24, 2.45) is 5.92 Å². The maximum atomic E-state index is 13.9. The van der Waals surface area contributed by atoms with E-state index in [0.29, 0.717) is 28.4 Å². The minimum atomic E-state index is -0.300. The van der Waals surface area contributed by atoms with Gasteiger partial charge in [0.05, 0.1) is 34.1 Å². The van der Waals surface area contributed by atoms with Gasteiger partial charge in [-0.3, -0.25) is 14.9 Å². The highest BCUT2D eigenvalue weighted by Gasteiger charge is 2.25. The van der Waals surface area contributed by atoms with Crippen molar-refractivity contribution >= 4 is 33.7 Å². The summed E-state index contributed by atoms with van der Waals surface area (Å²) in [6, 6.07) is 17.9. The predicted molar refractivity (Wildman–Crippen MR) is 144 cm³/mol. The lowest BCUT2D eigenvalue weighted by molar-refractivity contribution is -0.122. The third kappa shape index (κ3) is 3.88. The number of halogens is 1. The number of hydrogen-bond acceptors (Lipinski definition) is 5. The number of carbonyl (C=O) groups is 1. The third-order valence-electron chi connectivity index (χ3n) is 7.06. The van der Waals surface area contributed by atoms with Gasteiger partial charge in [-0.2, -0.15) is 5.10 Å². The number of imidazole rings is 1. The van der Waals surface area contributed by atoms with Crippen LogP contribution in [0.15, 0.2) is 73.1 Å². The fourth-order valence-electron chi connectivity index (χ4n) is 4.82. The second kappa shape index (κ2) is 8.88. The second-order valence-electron chi connectivity index (χ2n) is 9.54. The molecule has 7 rings (SSSR count). The molecular weight excluding hydrogens is 481 g/mol. The Morgan fingerprint density at radius 1 is 0.921 bits per heavy atom. The summed E-state index contributed by atoms with van der Waals surface area (Å²) in [5.41, 5.74) is 7.22. The normalized spacial score (nSPS) is 13.6. The van der Waals surface area contributed by atoms with E-state index in [-0.39, 0.29) is 17.6 Å². The minimum absolute atomic E-state index is 0.0400. The number of pyridine rings is 2. The van der Waals surface area contributed by atoms with Gasteiger partial charge in [-0.05, 0) is 54.8 Å². The van der Waals surface area contributed by atoms with Gasteiger partial charge in [-0.25, -0.2) is 14.4 Å². The number of fused-ring (bicyclic) bond motifs is 2. The Morgan fingerprint density at radius 2 is 1.82 bits per heavy atom. The maximum absolute atomic E-state index is 13.9. The van der Waals surface area contributed by atoms with Crippen molar-refractivity contribution in [2.75, 3.05) is 5.32 Å². The molecule has 1 fully saturated rings. The van der Waals surface area contributed by atoms with E-state index in [1.165, 1.54) is 12.1 Å². The number of rotatable bonds is 5. The summed E-state index contributed by atoms with van der Waals surface area (Å²) in [6.07, 6.45) is 6.34. The lowest BCUT2D eigenvalue weighted by Gasteiger charge is -2.24. The van der Waals surface area contributed by atoms with Gasteiger partial charge < -0.3 is 10.3 Å². The van der Waals surface area contributed by atoms with Crippen molar-refractivity contribution < 1.29 is 9.18 Å². The SMILES string of the molecule is O=C(Nc1cncc(-c2ccc3[nH]nc(-c4nc5c(-c6cccc(F)c6)cccc5[nH]4)c3n2)c1)C1CCC1. The fourth-order valence-corrected chi connectivity index (χ4v) is 4.82. The standard InChI is InChI=1S/C29H22FN7O/c30-19-7-2-6-17(12-19)21-8-3-9-23-25(21)35-28(34-23)27-26-24(36-37-27)11-10-22(33-26)18-13-20(15-31-14-18)32-29(38)16-4-1-5-16/h2-3,6-16H,1,4-5H2,(H,32,38)(H,34,35)(H,36,37). The first-order valence-corrected chi connectivity index (χ1v) is 12.5. The molecular formula is C29H22FN7O. The lowest BCUT2D eigenvalue weighted by Crippen LogP contribution is -2.28. The van der Waals surface area contributed by atoms with Crippen LogP contribution in [0.1, 0.15) is 19.3 Å². The van der Waals surface area contributed by atoms with Crippen LogP contribution in [-0.2, 0) is 4.79 Å². The Morgan fingerprint density at radius 3 is 2.66 bits per heavy atom. The molecule has 1 aliphatic rings. The van der Waals surface area contributed by atoms with Crippen LogP contribution in [0.5, 0.6) is 0 Å². The summed E-state index contributed by atoms with van der Waals surface area (Å²) in [5, 5.41) is 10.5. The summed E-state index contributed by atoms with van der Waals surface area (Å²) < 4.78 is 13.9. The first-order chi connectivity index (χ1) is 18.6. The molecule has 0 radical (unpaired) electrons. The van der Waals surface area contributed by atoms with Crippen molar-refractivity contribution in [3.8, 4) is 33.9 Å². The molecule has 1 aliphatic carbocycles. The molecule has 6 aromatic rings. The van der Waals surface area contributed by atoms with Gasteiger partial charge in [-0.1, -0.05) is 30.7 Å². The van der Waals surface area contributed by atoms with E-state index < -0.39 is 0 Å². The Bertz CT molecular complexity index is 1840. The van der Waals surface area contributed by atoms with Gasteiger partial charge in [0.1, 0.15) is 11.3 Å². The smallest absolute Gasteiger partial charge is 0.227 e. The monoisotopic (exact) mass is 503 g/mol. The molecule has 0 aliphatic heterocycles. The summed E-state index contributed by atoms with van der Waals surface area (Å²) >= 11 is 0. The van der Waals surface area contributed by atoms with Gasteiger partial charge in [0.25, 0.3) is 0 Å². The molecule has 8 nitrogen and oxygen atoms in total. The van der Waals surface area contributed by atoms with Crippen LogP contribution in [0, 0.1) is 11.7 Å². The molecule has 0 bridgehead atoms. The number of aromatic amines is 2. The van der Waals surface area contributed by atoms with Gasteiger partial charge in [0.2, 0.25) is 5.91 Å². The zero-order chi connectivity index (χ0) is 25.6. The number of nitrogens with zero attached hydrogens (tertiary/aromatic N) is 4. The number of amides is 1. The molecule has 0 unspecified atom stereocenters. The van der Waals surface area contributed by atoms with Crippen molar-refractivity contribution in [2.45, 2.75) is 19.3 Å². The number of hydrogen-bond donors (Lipinski definition) is 3. The predicted octanol–water partition coefficient (Wildman–Crippen LogP) is 6.11. The summed E-state index contributed by atoms with van der Waals surface area (Å²) in [4.78, 5) is 29.7. The highest BCUT2D eigenvalue weighted by atomic mass is 19.1. The topological polar surface area (TPSA) is 112 Å². The molecule has 4 aromatic heterocycles. The van der Waals surface area contributed by atoms with E-state index in [9.17, 15) is 9.18 Å². The Labute approximate surface area is 216 Å². The number of nitrogens with one attached hydrogen (secondary N) is 3. The molecule has 0 spiro atoms. The first kappa shape index (κ1) is 22.3. The zero-order valence-electron chi connectivity index (χ0n) is 20.2. The average molecular weight is 504 g/mol. The van der Waals surface area contributed by atoms with E-state index >= 15 is 0 Å². The minimum Gasteiger partial charge on any atom is -0.336 e. The summed E-state index contributed by atoms with van der Waals surface area (Å²) in [7, 11) is 0. The molecule has 1 amide bonds. The molecule has 2 aromatic carbocycles. The third-order valence-corrected chi connectivity index (χ3v) is 7.06. The van der Waals surface area contributed by atoms with Crippen molar-refractivity contribution in [1.82, 2.24) is 30.1 Å². The molecule has 38 heavy (non-hydrogen) atoms. The summed E-state index contributed by atoms with van der Waals surface area (Å²) in [5.74, 6) is 0.385. The Balaban J connectivity index is 1.26. The molecule has 0 atom stereocenters. The van der Waals surface area contributed by atoms with Crippen LogP contribution in [0.3, 0.4) is 0 Å². The first-order valence-electron chi connectivity index (χ1n) is 12.5. The zero-order valence-corrected chi connectivity index (χ0v) is 20.2. The van der Waals surface area contributed by atoms with Crippen LogP contribution < -0.4 is 5.32 Å². The highest BCUT2D eigenvalue weighted by molar-refractivity contribution is 5.97. The number of para-hydroxylation sites is 1. The molecule has 9 heteroatoms. The number of H-pyrrole nitrogens is 2. The fraction of sp³-hybridized carbons (Fsp3) is 0.138. The summed E-state index contributed by atoms with van der Waals surface area (Å²) in [6.45, 7) is 0. The van der Waals surface area contributed by atoms with Crippen molar-refractivity contribution in [1.29, 1.82) is 0 Å². The number of benzene rings is 2.